The van der Waals surface area contributed by atoms with Gasteiger partial charge in [-0.15, -0.1) is 0 Å². The van der Waals surface area contributed by atoms with Gasteiger partial charge in [-0.2, -0.15) is 0 Å². The first-order valence-corrected chi connectivity index (χ1v) is 6.28. The third-order valence-corrected chi connectivity index (χ3v) is 3.36. The Kier molecular flexibility index (Phi) is 4.02. The molecule has 3 N–H and O–H groups in total. The fraction of sp³-hybridized carbons (Fsp3) is 0.200. The van der Waals surface area contributed by atoms with Crippen LogP contribution in [-0.2, 0) is 0 Å². The molecule has 0 aliphatic carbocycles. The van der Waals surface area contributed by atoms with Gasteiger partial charge in [-0.3, -0.25) is 5.84 Å². The number of rotatable bonds is 3. The highest BCUT2D eigenvalue weighted by Crippen LogP contribution is 2.27. The van der Waals surface area contributed by atoms with Crippen LogP contribution in [0.1, 0.15) is 28.3 Å². The molecular formula is C15H17ClN2. The molecule has 1 atom stereocenters. The Bertz CT molecular complexity index is 535. The van der Waals surface area contributed by atoms with Gasteiger partial charge in [0, 0.05) is 5.02 Å². The van der Waals surface area contributed by atoms with Crippen LogP contribution in [0.4, 0.5) is 0 Å². The SMILES string of the molecule is Cc1ccc(C(NN)c2cc(Cl)ccc2C)cc1. The zero-order valence-corrected chi connectivity index (χ0v) is 11.3. The predicted molar refractivity (Wildman–Crippen MR) is 76.5 cm³/mol. The molecule has 0 saturated heterocycles. The van der Waals surface area contributed by atoms with Crippen molar-refractivity contribution in [2.45, 2.75) is 19.9 Å². The number of hydrazine groups is 1. The maximum atomic E-state index is 6.06. The van der Waals surface area contributed by atoms with Gasteiger partial charge in [0.15, 0.2) is 0 Å². The van der Waals surface area contributed by atoms with E-state index in [2.05, 4.69) is 43.5 Å². The lowest BCUT2D eigenvalue weighted by Gasteiger charge is -2.19. The van der Waals surface area contributed by atoms with E-state index in [1.54, 1.807) is 0 Å². The zero-order chi connectivity index (χ0) is 13.1. The average molecular weight is 261 g/mol. The van der Waals surface area contributed by atoms with Crippen molar-refractivity contribution in [1.29, 1.82) is 0 Å². The second kappa shape index (κ2) is 5.53. The molecule has 2 rings (SSSR count). The van der Waals surface area contributed by atoms with Crippen LogP contribution in [0.2, 0.25) is 5.02 Å². The van der Waals surface area contributed by atoms with Gasteiger partial charge < -0.3 is 0 Å². The first-order chi connectivity index (χ1) is 8.61. The first-order valence-electron chi connectivity index (χ1n) is 5.90. The molecule has 2 nitrogen and oxygen atoms in total. The summed E-state index contributed by atoms with van der Waals surface area (Å²) in [5.74, 6) is 5.70. The Labute approximate surface area is 113 Å². The maximum absolute atomic E-state index is 6.06. The second-order valence-electron chi connectivity index (χ2n) is 4.51. The number of benzene rings is 2. The molecule has 0 fully saturated rings. The minimum absolute atomic E-state index is 0.0377. The molecule has 0 amide bonds. The lowest BCUT2D eigenvalue weighted by Crippen LogP contribution is -2.29. The summed E-state index contributed by atoms with van der Waals surface area (Å²) in [6.07, 6.45) is 0. The summed E-state index contributed by atoms with van der Waals surface area (Å²) < 4.78 is 0. The lowest BCUT2D eigenvalue weighted by molar-refractivity contribution is 0.633. The molecular weight excluding hydrogens is 244 g/mol. The highest BCUT2D eigenvalue weighted by molar-refractivity contribution is 6.30. The fourth-order valence-corrected chi connectivity index (χ4v) is 2.23. The molecule has 0 aliphatic heterocycles. The van der Waals surface area contributed by atoms with Gasteiger partial charge in [0.25, 0.3) is 0 Å². The molecule has 3 heteroatoms. The molecule has 18 heavy (non-hydrogen) atoms. The molecule has 0 aromatic heterocycles. The monoisotopic (exact) mass is 260 g/mol. The van der Waals surface area contributed by atoms with Crippen molar-refractivity contribution in [1.82, 2.24) is 5.43 Å². The molecule has 0 heterocycles. The first kappa shape index (κ1) is 13.1. The number of nitrogens with one attached hydrogen (secondary N) is 1. The number of hydrogen-bond acceptors (Lipinski definition) is 2. The van der Waals surface area contributed by atoms with Crippen molar-refractivity contribution >= 4 is 11.6 Å². The minimum Gasteiger partial charge on any atom is -0.271 e. The van der Waals surface area contributed by atoms with Crippen molar-refractivity contribution in [3.63, 3.8) is 0 Å². The summed E-state index contributed by atoms with van der Waals surface area (Å²) in [5.41, 5.74) is 7.50. The maximum Gasteiger partial charge on any atom is 0.0713 e. The van der Waals surface area contributed by atoms with Gasteiger partial charge in [-0.1, -0.05) is 47.5 Å². The number of aryl methyl sites for hydroxylation is 2. The smallest absolute Gasteiger partial charge is 0.0713 e. The predicted octanol–water partition coefficient (Wildman–Crippen LogP) is 3.51. The van der Waals surface area contributed by atoms with E-state index < -0.39 is 0 Å². The topological polar surface area (TPSA) is 38.0 Å². The second-order valence-corrected chi connectivity index (χ2v) is 4.95. The molecule has 0 radical (unpaired) electrons. The van der Waals surface area contributed by atoms with Crippen LogP contribution in [0.25, 0.3) is 0 Å². The standard InChI is InChI=1S/C15H17ClN2/c1-10-3-6-12(7-4-10)15(18-17)14-9-13(16)8-5-11(14)2/h3-9,15,18H,17H2,1-2H3. The molecule has 0 bridgehead atoms. The van der Waals surface area contributed by atoms with Crippen molar-refractivity contribution in [2.75, 3.05) is 0 Å². The average Bonchev–Trinajstić information content (AvgIpc) is 2.37. The van der Waals surface area contributed by atoms with E-state index in [1.807, 2.05) is 18.2 Å². The van der Waals surface area contributed by atoms with Crippen molar-refractivity contribution in [3.8, 4) is 0 Å². The summed E-state index contributed by atoms with van der Waals surface area (Å²) >= 11 is 6.06. The Balaban J connectivity index is 2.44. The molecule has 1 unspecified atom stereocenters. The van der Waals surface area contributed by atoms with Crippen LogP contribution in [0, 0.1) is 13.8 Å². The van der Waals surface area contributed by atoms with Crippen molar-refractivity contribution in [2.24, 2.45) is 5.84 Å². The van der Waals surface area contributed by atoms with Crippen molar-refractivity contribution < 1.29 is 0 Å². The van der Waals surface area contributed by atoms with E-state index in [0.717, 1.165) is 16.1 Å². The summed E-state index contributed by atoms with van der Waals surface area (Å²) in [7, 11) is 0. The van der Waals surface area contributed by atoms with Crippen LogP contribution in [-0.4, -0.2) is 0 Å². The van der Waals surface area contributed by atoms with Crippen LogP contribution in [0.3, 0.4) is 0 Å². The van der Waals surface area contributed by atoms with E-state index in [0.29, 0.717) is 0 Å². The molecule has 0 spiro atoms. The fourth-order valence-electron chi connectivity index (χ4n) is 2.05. The summed E-state index contributed by atoms with van der Waals surface area (Å²) in [6, 6.07) is 14.2. The van der Waals surface area contributed by atoms with E-state index in [4.69, 9.17) is 17.4 Å². The van der Waals surface area contributed by atoms with Gasteiger partial charge in [0.1, 0.15) is 0 Å². The van der Waals surface area contributed by atoms with E-state index in [1.165, 1.54) is 11.1 Å². The summed E-state index contributed by atoms with van der Waals surface area (Å²) in [6.45, 7) is 4.13. The molecule has 0 aliphatic rings. The third kappa shape index (κ3) is 2.72. The Morgan fingerprint density at radius 2 is 1.72 bits per heavy atom. The quantitative estimate of drug-likeness (QED) is 0.655. The molecule has 2 aromatic carbocycles. The Morgan fingerprint density at radius 1 is 1.06 bits per heavy atom. The molecule has 94 valence electrons. The lowest BCUT2D eigenvalue weighted by atomic mass is 9.95. The van der Waals surface area contributed by atoms with E-state index in [-0.39, 0.29) is 6.04 Å². The van der Waals surface area contributed by atoms with Gasteiger partial charge in [-0.05, 0) is 42.7 Å². The molecule has 0 saturated carbocycles. The van der Waals surface area contributed by atoms with E-state index >= 15 is 0 Å². The zero-order valence-electron chi connectivity index (χ0n) is 10.6. The van der Waals surface area contributed by atoms with Gasteiger partial charge in [-0.25, -0.2) is 5.43 Å². The Morgan fingerprint density at radius 3 is 2.33 bits per heavy atom. The van der Waals surface area contributed by atoms with Gasteiger partial charge >= 0.3 is 0 Å². The largest absolute Gasteiger partial charge is 0.271 e. The minimum atomic E-state index is -0.0377. The third-order valence-electron chi connectivity index (χ3n) is 3.13. The van der Waals surface area contributed by atoms with Gasteiger partial charge in [0.05, 0.1) is 6.04 Å². The number of hydrogen-bond donors (Lipinski definition) is 2. The Hall–Kier alpha value is -1.35. The van der Waals surface area contributed by atoms with Crippen LogP contribution >= 0.6 is 11.6 Å². The molecule has 2 aromatic rings. The van der Waals surface area contributed by atoms with Crippen LogP contribution in [0.15, 0.2) is 42.5 Å². The highest BCUT2D eigenvalue weighted by Gasteiger charge is 2.14. The normalized spacial score (nSPS) is 12.4. The van der Waals surface area contributed by atoms with Gasteiger partial charge in [0.2, 0.25) is 0 Å². The number of nitrogens with two attached hydrogens (primary N) is 1. The number of halogens is 1. The highest BCUT2D eigenvalue weighted by atomic mass is 35.5. The van der Waals surface area contributed by atoms with E-state index in [9.17, 15) is 0 Å². The van der Waals surface area contributed by atoms with Crippen LogP contribution < -0.4 is 11.3 Å². The summed E-state index contributed by atoms with van der Waals surface area (Å²) in [4.78, 5) is 0. The summed E-state index contributed by atoms with van der Waals surface area (Å²) in [5, 5.41) is 0.725. The van der Waals surface area contributed by atoms with Crippen LogP contribution in [0.5, 0.6) is 0 Å². The van der Waals surface area contributed by atoms with Crippen molar-refractivity contribution in [3.05, 3.63) is 69.7 Å².